The molecule has 0 spiro atoms. The second-order valence-electron chi connectivity index (χ2n) is 18.3. The first-order valence-electron chi connectivity index (χ1n) is 27.7. The van der Waals surface area contributed by atoms with Gasteiger partial charge >= 0.3 is 0 Å². The first kappa shape index (κ1) is 65.8. The molecule has 1 saturated heterocycles. The standard InChI is InChI=1S/C63H99NO8/c1-3-5-7-9-11-13-14-15-16-17-18-19-20-21-22-23-24-25-26-27-28-29-30-31-32-33-34-35-36-37-38-39-40-41-42-43-44-45-47-49-51-53-59(67)64-56(57(66)52-50-48-46-12-10-8-6-4-2)55-71-63-62(70)61(69)60(68)58(54-65)72-63/h5,7,10-13,15-16,18-19,21-22,24-25,27-28,30-31,33-34,36-37,39-40,50,52,56-58,60-63,65-66,68-70H,3-4,6,8-9,14,17,20,23,26,29,32,35,38,41-49,51,53-55H2,1-2H3,(H,64,67)/b7-5-,12-10+,13-11-,16-15-,19-18-,22-21-,25-24-,28-27-,31-30-,34-33-,37-36-,40-39-,52-50+. The van der Waals surface area contributed by atoms with Crippen LogP contribution in [0.15, 0.2) is 158 Å². The van der Waals surface area contributed by atoms with Crippen LogP contribution in [0.25, 0.3) is 0 Å². The first-order chi connectivity index (χ1) is 35.3. The average Bonchev–Trinajstić information content (AvgIpc) is 3.38. The van der Waals surface area contributed by atoms with E-state index in [0.29, 0.717) is 6.42 Å². The van der Waals surface area contributed by atoms with Crippen LogP contribution in [0.5, 0.6) is 0 Å². The molecule has 6 N–H and O–H groups in total. The number of carbonyl (C=O) groups is 1. The van der Waals surface area contributed by atoms with E-state index in [1.165, 1.54) is 19.3 Å². The van der Waals surface area contributed by atoms with E-state index in [1.54, 1.807) is 6.08 Å². The van der Waals surface area contributed by atoms with Crippen LogP contribution in [0, 0.1) is 0 Å². The smallest absolute Gasteiger partial charge is 0.220 e. The average molecular weight is 998 g/mol. The molecule has 1 heterocycles. The van der Waals surface area contributed by atoms with Crippen LogP contribution < -0.4 is 5.32 Å². The van der Waals surface area contributed by atoms with Crippen molar-refractivity contribution in [3.8, 4) is 0 Å². The summed E-state index contributed by atoms with van der Waals surface area (Å²) in [5.74, 6) is -0.210. The number of aliphatic hydroxyl groups is 5. The Balaban J connectivity index is 2.13. The molecule has 0 bridgehead atoms. The SMILES string of the molecule is CC/C=C\C/C=C\C/C=C\C/C=C\C/C=C\C/C=C\C/C=C\C/C=C\C/C=C\C/C=C\C/C=C\CCCCCCCCCC(=O)NC(COC1OC(CO)C(O)C(O)C1O)C(O)/C=C/CC/C=C/CCCC. The van der Waals surface area contributed by atoms with Crippen LogP contribution in [0.1, 0.15) is 174 Å². The van der Waals surface area contributed by atoms with Crippen molar-refractivity contribution in [1.82, 2.24) is 5.32 Å². The minimum atomic E-state index is -1.58. The van der Waals surface area contributed by atoms with Gasteiger partial charge in [-0.15, -0.1) is 0 Å². The minimum absolute atomic E-state index is 0.210. The second kappa shape index (κ2) is 50.3. The number of allylic oxidation sites excluding steroid dienone is 25. The van der Waals surface area contributed by atoms with Gasteiger partial charge in [0.1, 0.15) is 24.4 Å². The number of nitrogens with one attached hydrogen (secondary N) is 1. The Kier molecular flexibility index (Phi) is 46.0. The monoisotopic (exact) mass is 998 g/mol. The molecular weight excluding hydrogens is 899 g/mol. The maximum absolute atomic E-state index is 12.9. The van der Waals surface area contributed by atoms with E-state index in [9.17, 15) is 30.3 Å². The summed E-state index contributed by atoms with van der Waals surface area (Å²) >= 11 is 0. The minimum Gasteiger partial charge on any atom is -0.394 e. The van der Waals surface area contributed by atoms with Crippen LogP contribution in [-0.4, -0.2) is 87.5 Å². The number of carbonyl (C=O) groups excluding carboxylic acids is 1. The van der Waals surface area contributed by atoms with Crippen LogP contribution >= 0.6 is 0 Å². The molecule has 1 rings (SSSR count). The normalized spacial score (nSPS) is 20.5. The predicted octanol–water partition coefficient (Wildman–Crippen LogP) is 13.7. The first-order valence-corrected chi connectivity index (χ1v) is 27.7. The molecule has 404 valence electrons. The molecule has 0 aromatic carbocycles. The van der Waals surface area contributed by atoms with Crippen molar-refractivity contribution in [3.63, 3.8) is 0 Å². The van der Waals surface area contributed by atoms with Gasteiger partial charge in [-0.05, 0) is 109 Å². The molecule has 0 radical (unpaired) electrons. The van der Waals surface area contributed by atoms with Crippen molar-refractivity contribution in [1.29, 1.82) is 0 Å². The molecule has 0 aliphatic carbocycles. The molecule has 7 atom stereocenters. The number of amides is 1. The summed E-state index contributed by atoms with van der Waals surface area (Å²) in [6.45, 7) is 3.53. The van der Waals surface area contributed by atoms with Gasteiger partial charge in [0.05, 0.1) is 25.4 Å². The van der Waals surface area contributed by atoms with Gasteiger partial charge in [-0.25, -0.2) is 0 Å². The van der Waals surface area contributed by atoms with E-state index in [4.69, 9.17) is 9.47 Å². The Bertz CT molecular complexity index is 1680. The largest absolute Gasteiger partial charge is 0.394 e. The molecule has 72 heavy (non-hydrogen) atoms. The van der Waals surface area contributed by atoms with Gasteiger partial charge in [-0.2, -0.15) is 0 Å². The fourth-order valence-electron chi connectivity index (χ4n) is 7.45. The lowest BCUT2D eigenvalue weighted by molar-refractivity contribution is -0.302. The summed E-state index contributed by atoms with van der Waals surface area (Å²) in [7, 11) is 0. The number of rotatable bonds is 44. The van der Waals surface area contributed by atoms with E-state index < -0.39 is 49.5 Å². The summed E-state index contributed by atoms with van der Waals surface area (Å²) in [4.78, 5) is 12.9. The molecular formula is C63H99NO8. The molecule has 1 fully saturated rings. The molecule has 9 nitrogen and oxygen atoms in total. The van der Waals surface area contributed by atoms with E-state index in [-0.39, 0.29) is 12.5 Å². The van der Waals surface area contributed by atoms with Crippen molar-refractivity contribution in [3.05, 3.63) is 158 Å². The fourth-order valence-corrected chi connectivity index (χ4v) is 7.45. The topological polar surface area (TPSA) is 149 Å². The molecule has 1 amide bonds. The third-order valence-corrected chi connectivity index (χ3v) is 11.8. The van der Waals surface area contributed by atoms with Crippen LogP contribution in [-0.2, 0) is 14.3 Å². The second-order valence-corrected chi connectivity index (χ2v) is 18.3. The van der Waals surface area contributed by atoms with Crippen molar-refractivity contribution in [2.24, 2.45) is 0 Å². The van der Waals surface area contributed by atoms with E-state index in [2.05, 4.69) is 165 Å². The van der Waals surface area contributed by atoms with Crippen LogP contribution in [0.4, 0.5) is 0 Å². The molecule has 0 aromatic rings. The molecule has 1 aliphatic rings. The van der Waals surface area contributed by atoms with Gasteiger partial charge in [-0.1, -0.05) is 217 Å². The zero-order chi connectivity index (χ0) is 52.2. The van der Waals surface area contributed by atoms with Crippen molar-refractivity contribution in [2.75, 3.05) is 13.2 Å². The number of ether oxygens (including phenoxy) is 2. The highest BCUT2D eigenvalue weighted by atomic mass is 16.7. The number of unbranched alkanes of at least 4 members (excludes halogenated alkanes) is 10. The summed E-state index contributed by atoms with van der Waals surface area (Å²) in [6, 6.07) is -0.836. The van der Waals surface area contributed by atoms with E-state index >= 15 is 0 Å². The molecule has 0 aromatic heterocycles. The van der Waals surface area contributed by atoms with E-state index in [1.807, 2.05) is 6.08 Å². The van der Waals surface area contributed by atoms with Crippen LogP contribution in [0.2, 0.25) is 0 Å². The predicted molar refractivity (Wildman–Crippen MR) is 303 cm³/mol. The Morgan fingerprint density at radius 3 is 1.33 bits per heavy atom. The van der Waals surface area contributed by atoms with E-state index in [0.717, 1.165) is 135 Å². The van der Waals surface area contributed by atoms with Crippen LogP contribution in [0.3, 0.4) is 0 Å². The number of hydrogen-bond donors (Lipinski definition) is 6. The lowest BCUT2D eigenvalue weighted by Gasteiger charge is -2.40. The van der Waals surface area contributed by atoms with Crippen molar-refractivity contribution < 1.29 is 39.8 Å². The van der Waals surface area contributed by atoms with Crippen molar-refractivity contribution in [2.45, 2.75) is 217 Å². The zero-order valence-corrected chi connectivity index (χ0v) is 44.6. The molecule has 7 unspecified atom stereocenters. The molecule has 9 heteroatoms. The number of hydrogen-bond acceptors (Lipinski definition) is 8. The summed E-state index contributed by atoms with van der Waals surface area (Å²) in [5.41, 5.74) is 0. The Labute approximate surface area is 437 Å². The summed E-state index contributed by atoms with van der Waals surface area (Å²) in [5, 5.41) is 54.0. The Hall–Kier alpha value is -4.19. The lowest BCUT2D eigenvalue weighted by atomic mass is 9.99. The zero-order valence-electron chi connectivity index (χ0n) is 44.6. The third-order valence-electron chi connectivity index (χ3n) is 11.8. The fraction of sp³-hybridized carbons (Fsp3) is 0.571. The molecule has 1 aliphatic heterocycles. The maximum Gasteiger partial charge on any atom is 0.220 e. The summed E-state index contributed by atoms with van der Waals surface area (Å²) < 4.78 is 11.2. The quantitative estimate of drug-likeness (QED) is 0.0261. The van der Waals surface area contributed by atoms with Gasteiger partial charge in [0.25, 0.3) is 0 Å². The van der Waals surface area contributed by atoms with Gasteiger partial charge in [0.15, 0.2) is 6.29 Å². The van der Waals surface area contributed by atoms with Gasteiger partial charge < -0.3 is 40.3 Å². The highest BCUT2D eigenvalue weighted by Crippen LogP contribution is 2.22. The number of aliphatic hydroxyl groups excluding tert-OH is 5. The highest BCUT2D eigenvalue weighted by molar-refractivity contribution is 5.76. The lowest BCUT2D eigenvalue weighted by Crippen LogP contribution is -2.60. The van der Waals surface area contributed by atoms with Gasteiger partial charge in [-0.3, -0.25) is 4.79 Å². The Morgan fingerprint density at radius 2 is 0.875 bits per heavy atom. The Morgan fingerprint density at radius 1 is 0.486 bits per heavy atom. The third kappa shape index (κ3) is 39.4. The highest BCUT2D eigenvalue weighted by Gasteiger charge is 2.44. The maximum atomic E-state index is 12.9. The molecule has 0 saturated carbocycles. The van der Waals surface area contributed by atoms with Crippen molar-refractivity contribution >= 4 is 5.91 Å². The van der Waals surface area contributed by atoms with Gasteiger partial charge in [0, 0.05) is 6.42 Å². The summed E-state index contributed by atoms with van der Waals surface area (Å²) in [6.07, 6.45) is 73.4. The van der Waals surface area contributed by atoms with Gasteiger partial charge in [0.2, 0.25) is 5.91 Å².